The monoisotopic (exact) mass is 429 g/mol. The summed E-state index contributed by atoms with van der Waals surface area (Å²) >= 11 is 5.96. The number of carboxylic acids is 2. The molecule has 0 spiro atoms. The Labute approximate surface area is 179 Å². The molecule has 0 bridgehead atoms. The molecular weight excluding hydrogens is 406 g/mol. The summed E-state index contributed by atoms with van der Waals surface area (Å²) in [5, 5.41) is 28.2. The standard InChI is InChI=1S/C19H14ClNO4.C4H10O/c1-10-8-16-13(6-7-15(21-16)19(24)25)18(14(10)9-17(22)23)11-2-4-12(20)5-3-11;1-4(2,3)5/h2-8H,9H2,1H3,(H,22,23)(H,24,25);5H,1-3H3. The van der Waals surface area contributed by atoms with Gasteiger partial charge in [0, 0.05) is 10.4 Å². The second-order valence-electron chi connectivity index (χ2n) is 7.86. The maximum atomic E-state index is 11.3. The van der Waals surface area contributed by atoms with Crippen LogP contribution in [-0.4, -0.2) is 37.8 Å². The molecule has 0 aliphatic rings. The van der Waals surface area contributed by atoms with Gasteiger partial charge in [-0.05, 0) is 80.3 Å². The summed E-state index contributed by atoms with van der Waals surface area (Å²) < 4.78 is 0. The quantitative estimate of drug-likeness (QED) is 0.540. The molecule has 0 saturated carbocycles. The van der Waals surface area contributed by atoms with Crippen molar-refractivity contribution in [3.05, 3.63) is 64.3 Å². The zero-order chi connectivity index (χ0) is 22.6. The Morgan fingerprint density at radius 2 is 1.60 bits per heavy atom. The van der Waals surface area contributed by atoms with Crippen LogP contribution in [0, 0.1) is 6.92 Å². The van der Waals surface area contributed by atoms with Crippen LogP contribution in [-0.2, 0) is 11.2 Å². The van der Waals surface area contributed by atoms with Gasteiger partial charge in [-0.25, -0.2) is 9.78 Å². The minimum absolute atomic E-state index is 0.0556. The number of aliphatic carboxylic acids is 1. The van der Waals surface area contributed by atoms with Gasteiger partial charge < -0.3 is 15.3 Å². The van der Waals surface area contributed by atoms with Gasteiger partial charge in [0.1, 0.15) is 5.69 Å². The van der Waals surface area contributed by atoms with E-state index in [9.17, 15) is 14.7 Å². The SMILES string of the molecule is CC(C)(C)O.Cc1cc2nc(C(=O)O)ccc2c(-c2ccc(Cl)cc2)c1CC(=O)O. The first-order chi connectivity index (χ1) is 13.9. The van der Waals surface area contributed by atoms with E-state index in [-0.39, 0.29) is 12.1 Å². The lowest BCUT2D eigenvalue weighted by molar-refractivity contribution is -0.136. The number of hydrogen-bond acceptors (Lipinski definition) is 4. The van der Waals surface area contributed by atoms with Gasteiger partial charge in [0.05, 0.1) is 17.5 Å². The molecule has 0 aliphatic carbocycles. The molecule has 0 aliphatic heterocycles. The molecule has 30 heavy (non-hydrogen) atoms. The van der Waals surface area contributed by atoms with Crippen molar-refractivity contribution in [1.29, 1.82) is 0 Å². The molecule has 0 amide bonds. The molecule has 3 rings (SSSR count). The van der Waals surface area contributed by atoms with Crippen molar-refractivity contribution >= 4 is 34.4 Å². The topological polar surface area (TPSA) is 108 Å². The van der Waals surface area contributed by atoms with E-state index in [2.05, 4.69) is 4.98 Å². The zero-order valence-electron chi connectivity index (χ0n) is 17.2. The average Bonchev–Trinajstić information content (AvgIpc) is 2.61. The van der Waals surface area contributed by atoms with E-state index >= 15 is 0 Å². The lowest BCUT2D eigenvalue weighted by Crippen LogP contribution is -2.10. The Morgan fingerprint density at radius 3 is 2.10 bits per heavy atom. The third kappa shape index (κ3) is 6.27. The average molecular weight is 430 g/mol. The van der Waals surface area contributed by atoms with Gasteiger partial charge in [0.15, 0.2) is 0 Å². The normalized spacial score (nSPS) is 11.0. The van der Waals surface area contributed by atoms with Crippen molar-refractivity contribution in [3.8, 4) is 11.1 Å². The number of halogens is 1. The number of aryl methyl sites for hydroxylation is 1. The number of nitrogens with zero attached hydrogens (tertiary/aromatic N) is 1. The van der Waals surface area contributed by atoms with E-state index in [0.29, 0.717) is 21.5 Å². The summed E-state index contributed by atoms with van der Waals surface area (Å²) in [7, 11) is 0. The number of pyridine rings is 1. The summed E-state index contributed by atoms with van der Waals surface area (Å²) in [5.41, 5.74) is 2.91. The zero-order valence-corrected chi connectivity index (χ0v) is 18.0. The van der Waals surface area contributed by atoms with Gasteiger partial charge in [0.2, 0.25) is 0 Å². The number of carboxylic acid groups (broad SMARTS) is 2. The smallest absolute Gasteiger partial charge is 0.354 e. The maximum absolute atomic E-state index is 11.3. The van der Waals surface area contributed by atoms with Crippen molar-refractivity contribution in [2.75, 3.05) is 0 Å². The largest absolute Gasteiger partial charge is 0.481 e. The molecule has 0 atom stereocenters. The lowest BCUT2D eigenvalue weighted by atomic mass is 9.90. The number of hydrogen-bond donors (Lipinski definition) is 3. The lowest BCUT2D eigenvalue weighted by Gasteiger charge is -2.15. The number of carbonyl (C=O) groups is 2. The van der Waals surface area contributed by atoms with Gasteiger partial charge in [0.25, 0.3) is 0 Å². The minimum atomic E-state index is -1.11. The molecule has 2 aromatic carbocycles. The van der Waals surface area contributed by atoms with Crippen LogP contribution in [0.25, 0.3) is 22.0 Å². The first-order valence-electron chi connectivity index (χ1n) is 9.23. The number of aromatic carboxylic acids is 1. The van der Waals surface area contributed by atoms with Crippen molar-refractivity contribution in [2.45, 2.75) is 39.7 Å². The third-order valence-electron chi connectivity index (χ3n) is 4.01. The van der Waals surface area contributed by atoms with E-state index < -0.39 is 17.5 Å². The molecule has 1 heterocycles. The van der Waals surface area contributed by atoms with Crippen LogP contribution < -0.4 is 0 Å². The molecule has 0 unspecified atom stereocenters. The van der Waals surface area contributed by atoms with E-state index in [1.165, 1.54) is 6.07 Å². The second kappa shape index (κ2) is 9.24. The van der Waals surface area contributed by atoms with Gasteiger partial charge in [-0.15, -0.1) is 0 Å². The Kier molecular flexibility index (Phi) is 7.18. The summed E-state index contributed by atoms with van der Waals surface area (Å²) in [5.74, 6) is -2.05. The van der Waals surface area contributed by atoms with E-state index in [1.807, 2.05) is 12.1 Å². The Morgan fingerprint density at radius 1 is 1.03 bits per heavy atom. The molecule has 6 nitrogen and oxygen atoms in total. The fraction of sp³-hybridized carbons (Fsp3) is 0.261. The maximum Gasteiger partial charge on any atom is 0.354 e. The molecular formula is C23H24ClNO5. The summed E-state index contributed by atoms with van der Waals surface area (Å²) in [6, 6.07) is 11.9. The number of benzene rings is 2. The predicted octanol–water partition coefficient (Wildman–Crippen LogP) is 4.97. The van der Waals surface area contributed by atoms with Crippen LogP contribution in [0.3, 0.4) is 0 Å². The predicted molar refractivity (Wildman–Crippen MR) is 117 cm³/mol. The Bertz CT molecular complexity index is 1080. The van der Waals surface area contributed by atoms with Crippen molar-refractivity contribution in [1.82, 2.24) is 4.98 Å². The first kappa shape index (κ1) is 23.3. The molecule has 158 valence electrons. The Hall–Kier alpha value is -2.96. The van der Waals surface area contributed by atoms with Gasteiger partial charge in [-0.3, -0.25) is 4.79 Å². The number of rotatable bonds is 4. The third-order valence-corrected chi connectivity index (χ3v) is 4.26. The van der Waals surface area contributed by atoms with E-state index in [0.717, 1.165) is 16.7 Å². The molecule has 3 aromatic rings. The molecule has 0 fully saturated rings. The molecule has 7 heteroatoms. The highest BCUT2D eigenvalue weighted by molar-refractivity contribution is 6.30. The molecule has 0 radical (unpaired) electrons. The summed E-state index contributed by atoms with van der Waals surface area (Å²) in [6.07, 6.45) is -0.138. The van der Waals surface area contributed by atoms with Crippen LogP contribution in [0.5, 0.6) is 0 Å². The van der Waals surface area contributed by atoms with E-state index in [1.54, 1.807) is 52.0 Å². The molecule has 1 aromatic heterocycles. The van der Waals surface area contributed by atoms with Crippen LogP contribution in [0.1, 0.15) is 42.4 Å². The van der Waals surface area contributed by atoms with E-state index in [4.69, 9.17) is 21.8 Å². The van der Waals surface area contributed by atoms with Crippen molar-refractivity contribution in [2.24, 2.45) is 0 Å². The highest BCUT2D eigenvalue weighted by Gasteiger charge is 2.17. The number of fused-ring (bicyclic) bond motifs is 1. The van der Waals surface area contributed by atoms with Crippen LogP contribution >= 0.6 is 11.6 Å². The fourth-order valence-electron chi connectivity index (χ4n) is 2.89. The first-order valence-corrected chi connectivity index (χ1v) is 9.61. The summed E-state index contributed by atoms with van der Waals surface area (Å²) in [6.45, 7) is 7.03. The van der Waals surface area contributed by atoms with Gasteiger partial charge in [-0.1, -0.05) is 23.7 Å². The highest BCUT2D eigenvalue weighted by atomic mass is 35.5. The molecule has 0 saturated heterocycles. The Balaban J connectivity index is 0.000000575. The second-order valence-corrected chi connectivity index (χ2v) is 8.30. The number of aliphatic hydroxyl groups is 1. The van der Waals surface area contributed by atoms with Gasteiger partial charge >= 0.3 is 11.9 Å². The number of aromatic nitrogens is 1. The highest BCUT2D eigenvalue weighted by Crippen LogP contribution is 2.35. The van der Waals surface area contributed by atoms with Crippen molar-refractivity contribution in [3.63, 3.8) is 0 Å². The fourth-order valence-corrected chi connectivity index (χ4v) is 3.02. The van der Waals surface area contributed by atoms with Crippen molar-refractivity contribution < 1.29 is 24.9 Å². The summed E-state index contributed by atoms with van der Waals surface area (Å²) in [4.78, 5) is 26.7. The van der Waals surface area contributed by atoms with Crippen LogP contribution in [0.2, 0.25) is 5.02 Å². The van der Waals surface area contributed by atoms with Crippen LogP contribution in [0.15, 0.2) is 42.5 Å². The molecule has 3 N–H and O–H groups in total. The van der Waals surface area contributed by atoms with Gasteiger partial charge in [-0.2, -0.15) is 0 Å². The minimum Gasteiger partial charge on any atom is -0.481 e. The van der Waals surface area contributed by atoms with Crippen LogP contribution in [0.4, 0.5) is 0 Å².